The molecule has 0 radical (unpaired) electrons. The van der Waals surface area contributed by atoms with E-state index in [1.807, 2.05) is 7.05 Å². The smallest absolute Gasteiger partial charge is 0.193 e. The maximum atomic E-state index is 5.26. The van der Waals surface area contributed by atoms with Crippen LogP contribution in [-0.4, -0.2) is 69.2 Å². The van der Waals surface area contributed by atoms with E-state index in [0.717, 1.165) is 44.4 Å². The van der Waals surface area contributed by atoms with Crippen molar-refractivity contribution in [1.29, 1.82) is 0 Å². The summed E-state index contributed by atoms with van der Waals surface area (Å²) in [5.41, 5.74) is 1.39. The third-order valence-corrected chi connectivity index (χ3v) is 4.98. The summed E-state index contributed by atoms with van der Waals surface area (Å²) < 4.78 is 5.26. The molecule has 148 valence electrons. The van der Waals surface area contributed by atoms with E-state index >= 15 is 0 Å². The van der Waals surface area contributed by atoms with Crippen molar-refractivity contribution in [2.24, 2.45) is 4.99 Å². The molecule has 0 aromatic heterocycles. The fourth-order valence-corrected chi connectivity index (χ4v) is 3.50. The average molecular weight is 474 g/mol. The molecule has 0 spiro atoms. The van der Waals surface area contributed by atoms with Crippen LogP contribution < -0.4 is 10.1 Å². The van der Waals surface area contributed by atoms with Crippen LogP contribution in [-0.2, 0) is 0 Å². The highest BCUT2D eigenvalue weighted by Gasteiger charge is 2.26. The Bertz CT molecular complexity index is 535. The number of hydrogen-bond donors (Lipinski definition) is 1. The number of hydrogen-bond acceptors (Lipinski definition) is 3. The highest BCUT2D eigenvalue weighted by atomic mass is 127. The average Bonchev–Trinajstić information content (AvgIpc) is 3.14. The molecule has 1 unspecified atom stereocenters. The third kappa shape index (κ3) is 6.61. The molecular weight excluding hydrogens is 439 g/mol. The van der Waals surface area contributed by atoms with Crippen molar-refractivity contribution in [3.8, 4) is 5.75 Å². The van der Waals surface area contributed by atoms with Gasteiger partial charge in [-0.2, -0.15) is 0 Å². The molecule has 1 saturated heterocycles. The summed E-state index contributed by atoms with van der Waals surface area (Å²) in [6, 6.07) is 8.48. The summed E-state index contributed by atoms with van der Waals surface area (Å²) in [4.78, 5) is 9.34. The van der Waals surface area contributed by atoms with Gasteiger partial charge < -0.3 is 19.9 Å². The molecule has 0 aliphatic carbocycles. The quantitative estimate of drug-likeness (QED) is 0.356. The molecule has 1 aliphatic heterocycles. The lowest BCUT2D eigenvalue weighted by Crippen LogP contribution is -2.43. The largest absolute Gasteiger partial charge is 0.497 e. The van der Waals surface area contributed by atoms with Gasteiger partial charge >= 0.3 is 0 Å². The normalized spacial score (nSPS) is 17.3. The lowest BCUT2D eigenvalue weighted by atomic mass is 9.98. The van der Waals surface area contributed by atoms with Gasteiger partial charge in [0.2, 0.25) is 0 Å². The summed E-state index contributed by atoms with van der Waals surface area (Å²) in [6.45, 7) is 10.8. The van der Waals surface area contributed by atoms with Gasteiger partial charge in [0.1, 0.15) is 5.75 Å². The van der Waals surface area contributed by atoms with Crippen LogP contribution in [0.2, 0.25) is 0 Å². The molecule has 1 atom stereocenters. The van der Waals surface area contributed by atoms with E-state index in [2.05, 4.69) is 58.2 Å². The minimum Gasteiger partial charge on any atom is -0.497 e. The lowest BCUT2D eigenvalue weighted by Gasteiger charge is -2.24. The SMILES string of the molecule is CCCN(CC)CCNC(=NC)N1CCC(c2ccc(OC)cc2)C1.I. The lowest BCUT2D eigenvalue weighted by molar-refractivity contribution is 0.291. The van der Waals surface area contributed by atoms with Crippen molar-refractivity contribution < 1.29 is 4.74 Å². The molecule has 2 rings (SSSR count). The summed E-state index contributed by atoms with van der Waals surface area (Å²) in [5, 5.41) is 3.54. The molecule has 0 amide bonds. The minimum absolute atomic E-state index is 0. The second kappa shape index (κ2) is 12.4. The molecule has 1 aliphatic rings. The predicted molar refractivity (Wildman–Crippen MR) is 121 cm³/mol. The minimum atomic E-state index is 0. The first-order valence-corrected chi connectivity index (χ1v) is 9.53. The fraction of sp³-hybridized carbons (Fsp3) is 0.650. The molecular formula is C20H35IN4O. The fourth-order valence-electron chi connectivity index (χ4n) is 3.50. The number of likely N-dealkylation sites (N-methyl/N-ethyl adjacent to an activating group) is 1. The number of nitrogens with one attached hydrogen (secondary N) is 1. The maximum Gasteiger partial charge on any atom is 0.193 e. The highest BCUT2D eigenvalue weighted by Crippen LogP contribution is 2.28. The number of guanidine groups is 1. The molecule has 6 heteroatoms. The standard InChI is InChI=1S/C20H34N4O.HI/c1-5-13-23(6-2)15-12-22-20(21-3)24-14-11-18(16-24)17-7-9-19(25-4)10-8-17;/h7-10,18H,5-6,11-16H2,1-4H3,(H,21,22);1H. The first kappa shape index (κ1) is 23.0. The number of aliphatic imine (C=N–C) groups is 1. The Kier molecular flexibility index (Phi) is 11.0. The van der Waals surface area contributed by atoms with Crippen LogP contribution in [0.1, 0.15) is 38.2 Å². The Morgan fingerprint density at radius 3 is 2.58 bits per heavy atom. The number of benzene rings is 1. The van der Waals surface area contributed by atoms with Gasteiger partial charge in [-0.05, 0) is 43.6 Å². The summed E-state index contributed by atoms with van der Waals surface area (Å²) in [5.74, 6) is 2.52. The van der Waals surface area contributed by atoms with Gasteiger partial charge in [-0.15, -0.1) is 24.0 Å². The van der Waals surface area contributed by atoms with Crippen LogP contribution in [0.15, 0.2) is 29.3 Å². The first-order valence-electron chi connectivity index (χ1n) is 9.53. The molecule has 1 heterocycles. The molecule has 5 nitrogen and oxygen atoms in total. The van der Waals surface area contributed by atoms with Gasteiger partial charge in [0.25, 0.3) is 0 Å². The Morgan fingerprint density at radius 1 is 1.27 bits per heavy atom. The van der Waals surface area contributed by atoms with Crippen LogP contribution in [0.4, 0.5) is 0 Å². The highest BCUT2D eigenvalue weighted by molar-refractivity contribution is 14.0. The third-order valence-electron chi connectivity index (χ3n) is 4.98. The molecule has 1 aromatic rings. The van der Waals surface area contributed by atoms with Crippen molar-refractivity contribution in [2.45, 2.75) is 32.6 Å². The van der Waals surface area contributed by atoms with Crippen molar-refractivity contribution in [3.63, 3.8) is 0 Å². The molecule has 1 fully saturated rings. The molecule has 0 bridgehead atoms. The number of methoxy groups -OCH3 is 1. The summed E-state index contributed by atoms with van der Waals surface area (Å²) in [6.07, 6.45) is 2.38. The van der Waals surface area contributed by atoms with Crippen LogP contribution in [0.3, 0.4) is 0 Å². The van der Waals surface area contributed by atoms with Gasteiger partial charge in [-0.3, -0.25) is 4.99 Å². The van der Waals surface area contributed by atoms with Gasteiger partial charge in [0.15, 0.2) is 5.96 Å². The Hall–Kier alpha value is -1.02. The van der Waals surface area contributed by atoms with E-state index < -0.39 is 0 Å². The Morgan fingerprint density at radius 2 is 2.00 bits per heavy atom. The Labute approximate surface area is 176 Å². The van der Waals surface area contributed by atoms with E-state index in [1.54, 1.807) is 7.11 Å². The molecule has 0 saturated carbocycles. The van der Waals surface area contributed by atoms with Gasteiger partial charge in [-0.25, -0.2) is 0 Å². The van der Waals surface area contributed by atoms with Crippen LogP contribution in [0.5, 0.6) is 5.75 Å². The number of halogens is 1. The van der Waals surface area contributed by atoms with Crippen LogP contribution in [0, 0.1) is 0 Å². The number of rotatable bonds is 8. The van der Waals surface area contributed by atoms with Gasteiger partial charge in [0.05, 0.1) is 7.11 Å². The second-order valence-corrected chi connectivity index (χ2v) is 6.61. The monoisotopic (exact) mass is 474 g/mol. The summed E-state index contributed by atoms with van der Waals surface area (Å²) >= 11 is 0. The van der Waals surface area contributed by atoms with E-state index in [9.17, 15) is 0 Å². The van der Waals surface area contributed by atoms with E-state index in [4.69, 9.17) is 4.74 Å². The van der Waals surface area contributed by atoms with Gasteiger partial charge in [0, 0.05) is 39.1 Å². The van der Waals surface area contributed by atoms with Crippen molar-refractivity contribution in [1.82, 2.24) is 15.1 Å². The van der Waals surface area contributed by atoms with E-state index in [-0.39, 0.29) is 24.0 Å². The molecule has 1 N–H and O–H groups in total. The zero-order valence-corrected chi connectivity index (χ0v) is 19.0. The Balaban J connectivity index is 0.00000338. The van der Waals surface area contributed by atoms with Crippen molar-refractivity contribution in [3.05, 3.63) is 29.8 Å². The van der Waals surface area contributed by atoms with Crippen molar-refractivity contribution >= 4 is 29.9 Å². The van der Waals surface area contributed by atoms with Gasteiger partial charge in [-0.1, -0.05) is 26.0 Å². The van der Waals surface area contributed by atoms with E-state index in [1.165, 1.54) is 24.9 Å². The van der Waals surface area contributed by atoms with Crippen LogP contribution >= 0.6 is 24.0 Å². The van der Waals surface area contributed by atoms with Crippen LogP contribution in [0.25, 0.3) is 0 Å². The topological polar surface area (TPSA) is 40.1 Å². The van der Waals surface area contributed by atoms with Crippen molar-refractivity contribution in [2.75, 3.05) is 53.4 Å². The number of nitrogens with zero attached hydrogens (tertiary/aromatic N) is 3. The molecule has 26 heavy (non-hydrogen) atoms. The number of likely N-dealkylation sites (tertiary alicyclic amines) is 1. The zero-order valence-electron chi connectivity index (χ0n) is 16.7. The maximum absolute atomic E-state index is 5.26. The second-order valence-electron chi connectivity index (χ2n) is 6.61. The predicted octanol–water partition coefficient (Wildman–Crippen LogP) is 3.41. The van der Waals surface area contributed by atoms with E-state index in [0.29, 0.717) is 5.92 Å². The number of ether oxygens (including phenoxy) is 1. The summed E-state index contributed by atoms with van der Waals surface area (Å²) in [7, 11) is 3.59. The first-order chi connectivity index (χ1) is 12.2. The zero-order chi connectivity index (χ0) is 18.1. The molecule has 1 aromatic carbocycles.